The Bertz CT molecular complexity index is 502. The summed E-state index contributed by atoms with van der Waals surface area (Å²) >= 11 is 0. The maximum absolute atomic E-state index is 11.7. The zero-order chi connectivity index (χ0) is 14.9. The van der Waals surface area contributed by atoms with E-state index in [4.69, 9.17) is 5.73 Å². The number of amides is 1. The van der Waals surface area contributed by atoms with Crippen LogP contribution in [0.15, 0.2) is 6.07 Å². The van der Waals surface area contributed by atoms with Crippen LogP contribution in [0.4, 0.5) is 0 Å². The number of fused-ring (bicyclic) bond motifs is 1. The summed E-state index contributed by atoms with van der Waals surface area (Å²) in [5.74, 6) is 0.119. The Balaban J connectivity index is 2.20. The molecule has 3 N–H and O–H groups in total. The van der Waals surface area contributed by atoms with Gasteiger partial charge in [-0.2, -0.15) is 0 Å². The quantitative estimate of drug-likeness (QED) is 0.887. The minimum absolute atomic E-state index is 0.119. The number of aromatic nitrogens is 1. The number of hydrogen-bond acceptors (Lipinski definition) is 2. The molecule has 0 aliphatic heterocycles. The Morgan fingerprint density at radius 3 is 2.90 bits per heavy atom. The van der Waals surface area contributed by atoms with Gasteiger partial charge in [0.05, 0.1) is 0 Å². The summed E-state index contributed by atoms with van der Waals surface area (Å²) in [5.41, 5.74) is 10.4. The van der Waals surface area contributed by atoms with E-state index in [1.807, 2.05) is 6.92 Å². The average Bonchev–Trinajstić information content (AvgIpc) is 2.62. The highest BCUT2D eigenvalue weighted by molar-refractivity contribution is 5.75. The normalized spacial score (nSPS) is 20.6. The van der Waals surface area contributed by atoms with Gasteiger partial charge in [-0.05, 0) is 43.7 Å². The van der Waals surface area contributed by atoms with Crippen LogP contribution in [0.25, 0.3) is 0 Å². The number of hydrogen-bond donors (Lipinski definition) is 2. The molecule has 0 fully saturated rings. The van der Waals surface area contributed by atoms with Crippen LogP contribution < -0.4 is 11.1 Å². The Hall–Kier alpha value is -1.29. The van der Waals surface area contributed by atoms with Crippen LogP contribution >= 0.6 is 0 Å². The van der Waals surface area contributed by atoms with Crippen molar-refractivity contribution >= 4 is 5.91 Å². The van der Waals surface area contributed by atoms with Gasteiger partial charge in [-0.25, -0.2) is 0 Å². The van der Waals surface area contributed by atoms with Crippen molar-refractivity contribution in [2.24, 2.45) is 11.1 Å². The zero-order valence-corrected chi connectivity index (χ0v) is 13.1. The summed E-state index contributed by atoms with van der Waals surface area (Å²) in [7, 11) is 0. The van der Waals surface area contributed by atoms with Gasteiger partial charge in [0, 0.05) is 36.9 Å². The number of aryl methyl sites for hydroxylation is 1. The highest BCUT2D eigenvalue weighted by Gasteiger charge is 2.33. The van der Waals surface area contributed by atoms with Crippen molar-refractivity contribution in [1.82, 2.24) is 9.88 Å². The zero-order valence-electron chi connectivity index (χ0n) is 13.1. The molecule has 1 aromatic rings. The summed E-state index contributed by atoms with van der Waals surface area (Å²) in [6, 6.07) is 2.32. The van der Waals surface area contributed by atoms with Gasteiger partial charge in [0.25, 0.3) is 0 Å². The summed E-state index contributed by atoms with van der Waals surface area (Å²) in [6.07, 6.45) is 2.60. The third-order valence-corrected chi connectivity index (χ3v) is 4.20. The molecular weight excluding hydrogens is 250 g/mol. The predicted molar refractivity (Wildman–Crippen MR) is 81.5 cm³/mol. The Kier molecular flexibility index (Phi) is 4.23. The van der Waals surface area contributed by atoms with Crippen molar-refractivity contribution in [3.05, 3.63) is 23.0 Å². The Labute approximate surface area is 121 Å². The Morgan fingerprint density at radius 1 is 1.55 bits per heavy atom. The van der Waals surface area contributed by atoms with E-state index < -0.39 is 0 Å². The molecule has 0 spiro atoms. The fraction of sp³-hybridized carbons (Fsp3) is 0.688. The number of rotatable bonds is 4. The van der Waals surface area contributed by atoms with E-state index in [-0.39, 0.29) is 17.4 Å². The van der Waals surface area contributed by atoms with Crippen LogP contribution in [0.3, 0.4) is 0 Å². The molecule has 2 rings (SSSR count). The SMILES string of the molecule is CCNC(=O)CCn1c(C)cc2c1CC(C)(C)CC2N. The molecule has 1 atom stereocenters. The van der Waals surface area contributed by atoms with E-state index in [9.17, 15) is 4.79 Å². The van der Waals surface area contributed by atoms with Crippen LogP contribution in [0.1, 0.15) is 56.6 Å². The molecule has 0 radical (unpaired) electrons. The van der Waals surface area contributed by atoms with Crippen LogP contribution in [-0.2, 0) is 17.8 Å². The van der Waals surface area contributed by atoms with Crippen molar-refractivity contribution in [3.8, 4) is 0 Å². The van der Waals surface area contributed by atoms with Gasteiger partial charge >= 0.3 is 0 Å². The minimum Gasteiger partial charge on any atom is -0.356 e. The summed E-state index contributed by atoms with van der Waals surface area (Å²) in [4.78, 5) is 11.7. The molecule has 0 saturated heterocycles. The van der Waals surface area contributed by atoms with Crippen LogP contribution in [-0.4, -0.2) is 17.0 Å². The van der Waals surface area contributed by atoms with Crippen LogP contribution in [0.2, 0.25) is 0 Å². The number of nitrogens with two attached hydrogens (primary N) is 1. The van der Waals surface area contributed by atoms with E-state index >= 15 is 0 Å². The fourth-order valence-electron chi connectivity index (χ4n) is 3.31. The number of nitrogens with one attached hydrogen (secondary N) is 1. The highest BCUT2D eigenvalue weighted by Crippen LogP contribution is 2.40. The van der Waals surface area contributed by atoms with E-state index in [1.165, 1.54) is 17.0 Å². The maximum atomic E-state index is 11.7. The van der Waals surface area contributed by atoms with Crippen molar-refractivity contribution in [1.29, 1.82) is 0 Å². The monoisotopic (exact) mass is 277 g/mol. The second-order valence-electron chi connectivity index (χ2n) is 6.69. The second-order valence-corrected chi connectivity index (χ2v) is 6.69. The summed E-state index contributed by atoms with van der Waals surface area (Å²) < 4.78 is 2.28. The molecule has 0 aromatic carbocycles. The van der Waals surface area contributed by atoms with Gasteiger partial charge in [0.2, 0.25) is 5.91 Å². The topological polar surface area (TPSA) is 60.0 Å². The molecule has 1 unspecified atom stereocenters. The van der Waals surface area contributed by atoms with Crippen molar-refractivity contribution in [2.75, 3.05) is 6.54 Å². The highest BCUT2D eigenvalue weighted by atomic mass is 16.1. The predicted octanol–water partition coefficient (Wildman–Crippen LogP) is 2.29. The molecule has 4 heteroatoms. The first kappa shape index (κ1) is 15.1. The van der Waals surface area contributed by atoms with E-state index in [0.29, 0.717) is 13.0 Å². The van der Waals surface area contributed by atoms with Gasteiger partial charge in [-0.15, -0.1) is 0 Å². The fourth-order valence-corrected chi connectivity index (χ4v) is 3.31. The molecule has 0 saturated carbocycles. The largest absolute Gasteiger partial charge is 0.356 e. The molecule has 1 amide bonds. The van der Waals surface area contributed by atoms with E-state index in [2.05, 4.69) is 36.7 Å². The van der Waals surface area contributed by atoms with Crippen LogP contribution in [0, 0.1) is 12.3 Å². The number of carbonyl (C=O) groups is 1. The van der Waals surface area contributed by atoms with Crippen molar-refractivity contribution in [3.63, 3.8) is 0 Å². The average molecular weight is 277 g/mol. The molecular formula is C16H27N3O. The van der Waals surface area contributed by atoms with Gasteiger partial charge in [0.1, 0.15) is 0 Å². The minimum atomic E-state index is 0.119. The molecule has 20 heavy (non-hydrogen) atoms. The van der Waals surface area contributed by atoms with Crippen molar-refractivity contribution in [2.45, 2.75) is 59.5 Å². The lowest BCUT2D eigenvalue weighted by atomic mass is 9.74. The molecule has 1 aliphatic carbocycles. The van der Waals surface area contributed by atoms with Crippen molar-refractivity contribution < 1.29 is 4.79 Å². The van der Waals surface area contributed by atoms with Crippen LogP contribution in [0.5, 0.6) is 0 Å². The molecule has 112 valence electrons. The van der Waals surface area contributed by atoms with Gasteiger partial charge in [-0.1, -0.05) is 13.8 Å². The number of nitrogens with zero attached hydrogens (tertiary/aromatic N) is 1. The maximum Gasteiger partial charge on any atom is 0.221 e. The molecule has 1 aromatic heterocycles. The number of carbonyl (C=O) groups excluding carboxylic acids is 1. The molecule has 1 heterocycles. The third kappa shape index (κ3) is 3.06. The second kappa shape index (κ2) is 5.60. The lowest BCUT2D eigenvalue weighted by molar-refractivity contribution is -0.121. The van der Waals surface area contributed by atoms with E-state index in [1.54, 1.807) is 0 Å². The Morgan fingerprint density at radius 2 is 2.25 bits per heavy atom. The lowest BCUT2D eigenvalue weighted by Crippen LogP contribution is -2.31. The molecule has 1 aliphatic rings. The van der Waals surface area contributed by atoms with E-state index in [0.717, 1.165) is 19.4 Å². The van der Waals surface area contributed by atoms with Gasteiger partial charge < -0.3 is 15.6 Å². The smallest absolute Gasteiger partial charge is 0.221 e. The summed E-state index contributed by atoms with van der Waals surface area (Å²) in [6.45, 7) is 10.0. The van der Waals surface area contributed by atoms with Gasteiger partial charge in [-0.3, -0.25) is 4.79 Å². The standard InChI is InChI=1S/C16H27N3O/c1-5-18-15(20)6-7-19-11(2)8-12-13(17)9-16(3,4)10-14(12)19/h8,13H,5-7,9-10,17H2,1-4H3,(H,18,20). The first-order valence-electron chi connectivity index (χ1n) is 7.55. The first-order valence-corrected chi connectivity index (χ1v) is 7.55. The lowest BCUT2D eigenvalue weighted by Gasteiger charge is -2.34. The van der Waals surface area contributed by atoms with Gasteiger partial charge in [0.15, 0.2) is 0 Å². The summed E-state index contributed by atoms with van der Waals surface area (Å²) in [5, 5.41) is 2.86. The third-order valence-electron chi connectivity index (χ3n) is 4.20. The molecule has 4 nitrogen and oxygen atoms in total. The first-order chi connectivity index (χ1) is 9.34. The molecule has 0 bridgehead atoms.